The summed E-state index contributed by atoms with van der Waals surface area (Å²) in [5.41, 5.74) is 2.98. The zero-order valence-corrected chi connectivity index (χ0v) is 23.4. The Labute approximate surface area is 230 Å². The molecule has 4 rings (SSSR count). The zero-order chi connectivity index (χ0) is 27.4. The van der Waals surface area contributed by atoms with E-state index in [-0.39, 0.29) is 22.7 Å². The van der Waals surface area contributed by atoms with Gasteiger partial charge in [0.15, 0.2) is 0 Å². The van der Waals surface area contributed by atoms with Crippen molar-refractivity contribution in [3.05, 3.63) is 99.6 Å². The molecule has 3 aromatic carbocycles. The first-order valence-corrected chi connectivity index (χ1v) is 14.9. The third-order valence-corrected chi connectivity index (χ3v) is 9.95. The van der Waals surface area contributed by atoms with Crippen LogP contribution in [0.4, 0.5) is 8.78 Å². The number of halogens is 3. The topological polar surface area (TPSA) is 78.4 Å². The number of sulfonamides is 1. The Kier molecular flexibility index (Phi) is 9.18. The quantitative estimate of drug-likeness (QED) is 0.212. The lowest BCUT2D eigenvalue weighted by Crippen LogP contribution is -2.48. The van der Waals surface area contributed by atoms with Crippen molar-refractivity contribution in [2.45, 2.75) is 49.6 Å². The Morgan fingerprint density at radius 3 is 2.42 bits per heavy atom. The number of nitrogens with one attached hydrogen (secondary N) is 2. The van der Waals surface area contributed by atoms with Gasteiger partial charge in [0.05, 0.1) is 12.1 Å². The normalized spacial score (nSPS) is 13.6. The molecule has 1 aromatic heterocycles. The highest BCUT2D eigenvalue weighted by molar-refractivity contribution is 7.91. The average Bonchev–Trinajstić information content (AvgIpc) is 3.19. The summed E-state index contributed by atoms with van der Waals surface area (Å²) in [4.78, 5) is 0. The van der Waals surface area contributed by atoms with Crippen LogP contribution < -0.4 is 10.0 Å². The fraction of sp³-hybridized carbons (Fsp3) is 0.286. The maximum Gasteiger partial charge on any atom is 0.250 e. The van der Waals surface area contributed by atoms with E-state index in [2.05, 4.69) is 23.0 Å². The van der Waals surface area contributed by atoms with Gasteiger partial charge in [-0.15, -0.1) is 11.3 Å². The van der Waals surface area contributed by atoms with Crippen LogP contribution in [0, 0.1) is 18.6 Å². The molecule has 2 atom stereocenters. The second kappa shape index (κ2) is 12.2. The van der Waals surface area contributed by atoms with Crippen LogP contribution in [0.15, 0.2) is 64.9 Å². The van der Waals surface area contributed by atoms with Crippen molar-refractivity contribution in [3.63, 3.8) is 0 Å². The summed E-state index contributed by atoms with van der Waals surface area (Å²) in [6.45, 7) is 4.29. The SMILES string of the molecule is CCc1cccc(CNC[C@H](O)[C@@H](Cc2cc(F)cc(F)c2)NS(=O)(=O)c2sc3ccc(Cl)cc3c2C)c1. The summed E-state index contributed by atoms with van der Waals surface area (Å²) in [5, 5.41) is 15.4. The summed E-state index contributed by atoms with van der Waals surface area (Å²) in [6, 6.07) is 15.1. The number of rotatable bonds is 11. The molecule has 0 aliphatic carbocycles. The molecule has 0 fully saturated rings. The number of hydrogen-bond donors (Lipinski definition) is 3. The van der Waals surface area contributed by atoms with E-state index in [1.54, 1.807) is 25.1 Å². The summed E-state index contributed by atoms with van der Waals surface area (Å²) in [5.74, 6) is -1.55. The van der Waals surface area contributed by atoms with Crippen LogP contribution in [0.2, 0.25) is 5.02 Å². The van der Waals surface area contributed by atoms with Gasteiger partial charge in [-0.25, -0.2) is 21.9 Å². The number of fused-ring (bicyclic) bond motifs is 1. The second-order valence-electron chi connectivity index (χ2n) is 9.24. The second-order valence-corrected chi connectivity index (χ2v) is 12.6. The van der Waals surface area contributed by atoms with Crippen LogP contribution in [-0.4, -0.2) is 32.2 Å². The first kappa shape index (κ1) is 28.6. The summed E-state index contributed by atoms with van der Waals surface area (Å²) >= 11 is 7.20. The van der Waals surface area contributed by atoms with Crippen molar-refractivity contribution in [2.24, 2.45) is 0 Å². The monoisotopic (exact) mass is 578 g/mol. The van der Waals surface area contributed by atoms with Gasteiger partial charge in [0, 0.05) is 28.9 Å². The van der Waals surface area contributed by atoms with Crippen LogP contribution in [-0.2, 0) is 29.4 Å². The van der Waals surface area contributed by atoms with E-state index in [4.69, 9.17) is 11.6 Å². The van der Waals surface area contributed by atoms with Crippen molar-refractivity contribution in [3.8, 4) is 0 Å². The van der Waals surface area contributed by atoms with E-state index in [1.165, 1.54) is 5.56 Å². The Bertz CT molecular complexity index is 1520. The molecule has 3 N–H and O–H groups in total. The third kappa shape index (κ3) is 6.97. The minimum Gasteiger partial charge on any atom is -0.390 e. The highest BCUT2D eigenvalue weighted by atomic mass is 35.5. The fourth-order valence-electron chi connectivity index (χ4n) is 4.38. The van der Waals surface area contributed by atoms with Crippen molar-refractivity contribution in [1.29, 1.82) is 0 Å². The number of hydrogen-bond acceptors (Lipinski definition) is 5. The first-order valence-electron chi connectivity index (χ1n) is 12.2. The Morgan fingerprint density at radius 1 is 1.00 bits per heavy atom. The Morgan fingerprint density at radius 2 is 1.71 bits per heavy atom. The van der Waals surface area contributed by atoms with Crippen molar-refractivity contribution < 1.29 is 22.3 Å². The molecule has 0 bridgehead atoms. The molecule has 0 saturated carbocycles. The van der Waals surface area contributed by atoms with Gasteiger partial charge >= 0.3 is 0 Å². The molecule has 0 aliphatic heterocycles. The van der Waals surface area contributed by atoms with Gasteiger partial charge in [0.1, 0.15) is 15.8 Å². The number of aryl methyl sites for hydroxylation is 2. The van der Waals surface area contributed by atoms with Gasteiger partial charge in [-0.2, -0.15) is 0 Å². The molecule has 0 aliphatic rings. The van der Waals surface area contributed by atoms with E-state index in [1.807, 2.05) is 18.2 Å². The molecule has 0 amide bonds. The lowest BCUT2D eigenvalue weighted by molar-refractivity contribution is 0.134. The predicted molar refractivity (Wildman–Crippen MR) is 149 cm³/mol. The summed E-state index contributed by atoms with van der Waals surface area (Å²) in [7, 11) is -4.09. The molecule has 1 heterocycles. The minimum absolute atomic E-state index is 0.0579. The summed E-state index contributed by atoms with van der Waals surface area (Å²) < 4.78 is 58.2. The molecule has 38 heavy (non-hydrogen) atoms. The maximum absolute atomic E-state index is 13.9. The molecule has 0 unspecified atom stereocenters. The van der Waals surface area contributed by atoms with E-state index >= 15 is 0 Å². The zero-order valence-electron chi connectivity index (χ0n) is 21.0. The minimum atomic E-state index is -4.09. The largest absolute Gasteiger partial charge is 0.390 e. The van der Waals surface area contributed by atoms with Gasteiger partial charge < -0.3 is 10.4 Å². The number of thiophene rings is 1. The predicted octanol–water partition coefficient (Wildman–Crippen LogP) is 5.74. The smallest absolute Gasteiger partial charge is 0.250 e. The van der Waals surface area contributed by atoms with Crippen LogP contribution in [0.25, 0.3) is 10.1 Å². The molecular weight excluding hydrogens is 550 g/mol. The maximum atomic E-state index is 13.9. The fourth-order valence-corrected chi connectivity index (χ4v) is 7.59. The first-order chi connectivity index (χ1) is 18.1. The molecule has 0 radical (unpaired) electrons. The van der Waals surface area contributed by atoms with Crippen molar-refractivity contribution >= 4 is 43.0 Å². The molecule has 10 heteroatoms. The van der Waals surface area contributed by atoms with E-state index in [9.17, 15) is 22.3 Å². The molecule has 5 nitrogen and oxygen atoms in total. The molecular formula is C28H29ClF2N2O3S2. The highest BCUT2D eigenvalue weighted by Crippen LogP contribution is 2.35. The van der Waals surface area contributed by atoms with Crippen LogP contribution in [0.5, 0.6) is 0 Å². The number of aliphatic hydroxyl groups is 1. The molecule has 0 spiro atoms. The van der Waals surface area contributed by atoms with E-state index in [0.29, 0.717) is 17.1 Å². The van der Waals surface area contributed by atoms with Crippen molar-refractivity contribution in [2.75, 3.05) is 6.54 Å². The Balaban J connectivity index is 1.57. The van der Waals surface area contributed by atoms with Gasteiger partial charge in [0.2, 0.25) is 0 Å². The molecule has 4 aromatic rings. The van der Waals surface area contributed by atoms with Crippen LogP contribution in [0.1, 0.15) is 29.2 Å². The highest BCUT2D eigenvalue weighted by Gasteiger charge is 2.29. The van der Waals surface area contributed by atoms with Crippen molar-refractivity contribution in [1.82, 2.24) is 10.0 Å². The molecule has 0 saturated heterocycles. The summed E-state index contributed by atoms with van der Waals surface area (Å²) in [6.07, 6.45) is -0.402. The lowest BCUT2D eigenvalue weighted by Gasteiger charge is -2.25. The number of aliphatic hydroxyl groups excluding tert-OH is 1. The van der Waals surface area contributed by atoms with Gasteiger partial charge in [-0.1, -0.05) is 42.8 Å². The van der Waals surface area contributed by atoms with E-state index in [0.717, 1.165) is 51.6 Å². The van der Waals surface area contributed by atoms with Crippen LogP contribution in [0.3, 0.4) is 0 Å². The van der Waals surface area contributed by atoms with Gasteiger partial charge in [0.25, 0.3) is 10.0 Å². The standard InChI is InChI=1S/C28H29ClF2N2O3S2/c1-3-18-5-4-6-19(9-18)15-32-16-26(34)25(12-20-10-22(30)14-23(31)11-20)33-38(35,36)28-17(2)24-13-21(29)7-8-27(24)37-28/h4-11,13-14,25-26,32-34H,3,12,15-16H2,1-2H3/t25-,26+/m1/s1. The molecule has 202 valence electrons. The van der Waals surface area contributed by atoms with Gasteiger partial charge in [-0.3, -0.25) is 0 Å². The average molecular weight is 579 g/mol. The van der Waals surface area contributed by atoms with E-state index < -0.39 is 33.8 Å². The third-order valence-electron chi connectivity index (χ3n) is 6.33. The Hall–Kier alpha value is -2.40. The number of benzene rings is 3. The van der Waals surface area contributed by atoms with Gasteiger partial charge in [-0.05, 0) is 77.7 Å². The van der Waals surface area contributed by atoms with Crippen LogP contribution >= 0.6 is 22.9 Å². The lowest BCUT2D eigenvalue weighted by atomic mass is 10.0.